The van der Waals surface area contributed by atoms with Gasteiger partial charge in [0.2, 0.25) is 0 Å². The van der Waals surface area contributed by atoms with Gasteiger partial charge in [-0.2, -0.15) is 0 Å². The molecule has 0 aliphatic carbocycles. The molecule has 0 bridgehead atoms. The van der Waals surface area contributed by atoms with Crippen LogP contribution in [0.15, 0.2) is 30.2 Å². The summed E-state index contributed by atoms with van der Waals surface area (Å²) in [5.41, 5.74) is 5.43. The van der Waals surface area contributed by atoms with Crippen molar-refractivity contribution in [2.24, 2.45) is 5.73 Å². The maximum absolute atomic E-state index is 7.38. The van der Waals surface area contributed by atoms with Gasteiger partial charge in [-0.25, -0.2) is 0 Å². The minimum Gasteiger partial charge on any atom is -0.326 e. The van der Waals surface area contributed by atoms with Gasteiger partial charge >= 0.3 is 0 Å². The van der Waals surface area contributed by atoms with E-state index in [9.17, 15) is 0 Å². The quantitative estimate of drug-likeness (QED) is 0.643. The second-order valence-electron chi connectivity index (χ2n) is 1.31. The van der Waals surface area contributed by atoms with Crippen molar-refractivity contribution in [3.8, 4) is 0 Å². The molecule has 2 heteroatoms. The number of halogens is 1. The minimum atomic E-state index is -0.382. The first-order chi connectivity index (χ1) is 6.00. The van der Waals surface area contributed by atoms with Gasteiger partial charge in [-0.1, -0.05) is 30.2 Å². The van der Waals surface area contributed by atoms with E-state index in [2.05, 4.69) is 0 Å². The Labute approximate surface area is 68.3 Å². The van der Waals surface area contributed by atoms with Gasteiger partial charge in [0.05, 0.1) is 6.85 Å². The zero-order valence-corrected chi connectivity index (χ0v) is 5.51. The van der Waals surface area contributed by atoms with Crippen LogP contribution in [-0.2, 0) is 6.54 Å². The minimum absolute atomic E-state index is 0. The van der Waals surface area contributed by atoms with Crippen molar-refractivity contribution in [2.45, 2.75) is 6.54 Å². The molecule has 0 fully saturated rings. The van der Waals surface area contributed by atoms with E-state index in [1.54, 1.807) is 0 Å². The van der Waals surface area contributed by atoms with Crippen molar-refractivity contribution in [1.82, 2.24) is 0 Å². The van der Waals surface area contributed by atoms with Gasteiger partial charge in [-0.15, -0.1) is 12.4 Å². The second-order valence-corrected chi connectivity index (χ2v) is 1.31. The van der Waals surface area contributed by atoms with Crippen molar-refractivity contribution in [3.63, 3.8) is 0 Å². The van der Waals surface area contributed by atoms with Crippen LogP contribution in [0.25, 0.3) is 0 Å². The molecule has 0 saturated heterocycles. The van der Waals surface area contributed by atoms with E-state index in [4.69, 9.17) is 12.6 Å². The van der Waals surface area contributed by atoms with Crippen molar-refractivity contribution in [2.75, 3.05) is 0 Å². The fraction of sp³-hybridized carbons (Fsp3) is 0.143. The van der Waals surface area contributed by atoms with E-state index in [0.717, 1.165) is 0 Å². The van der Waals surface area contributed by atoms with E-state index in [1.807, 2.05) is 0 Å². The Kier molecular flexibility index (Phi) is 1.47. The molecule has 9 heavy (non-hydrogen) atoms. The van der Waals surface area contributed by atoms with Gasteiger partial charge in [0.1, 0.15) is 0 Å². The Balaban J connectivity index is 0.00000169. The zero-order valence-electron chi connectivity index (χ0n) is 9.69. The molecular formula is C7H10ClN. The van der Waals surface area contributed by atoms with Crippen LogP contribution in [0.1, 0.15) is 12.4 Å². The number of benzene rings is 1. The first-order valence-electron chi connectivity index (χ1n) is 4.76. The summed E-state index contributed by atoms with van der Waals surface area (Å²) in [5, 5.41) is 0. The molecule has 0 aliphatic heterocycles. The van der Waals surface area contributed by atoms with E-state index in [-0.39, 0.29) is 54.7 Å². The lowest BCUT2D eigenvalue weighted by atomic mass is 10.2. The summed E-state index contributed by atoms with van der Waals surface area (Å²) >= 11 is 0. The summed E-state index contributed by atoms with van der Waals surface area (Å²) in [5.74, 6) is 0. The normalized spacial score (nSPS) is 15.9. The molecular weight excluding hydrogens is 134 g/mol. The first-order valence-corrected chi connectivity index (χ1v) is 2.26. The summed E-state index contributed by atoms with van der Waals surface area (Å²) in [4.78, 5) is 0. The molecule has 50 valence electrons. The van der Waals surface area contributed by atoms with Crippen molar-refractivity contribution < 1.29 is 6.85 Å². The molecule has 0 heterocycles. The summed E-state index contributed by atoms with van der Waals surface area (Å²) in [6.45, 7) is -0.0459. The molecule has 0 atom stereocenters. The smallest absolute Gasteiger partial charge is 0.0626 e. The first kappa shape index (κ1) is 3.04. The molecule has 0 amide bonds. The molecule has 0 radical (unpaired) electrons. The Morgan fingerprint density at radius 3 is 2.33 bits per heavy atom. The monoisotopic (exact) mass is 148 g/mol. The van der Waals surface area contributed by atoms with Crippen LogP contribution in [0, 0.1) is 0 Å². The molecule has 1 nitrogen and oxygen atoms in total. The van der Waals surface area contributed by atoms with Crippen LogP contribution in [0.5, 0.6) is 0 Å². The molecule has 1 aromatic carbocycles. The average Bonchev–Trinajstić information content (AvgIpc) is 2.13. The zero-order chi connectivity index (χ0) is 10.2. The molecule has 0 aliphatic rings. The van der Waals surface area contributed by atoms with Crippen LogP contribution in [0.2, 0.25) is 0 Å². The third-order valence-electron chi connectivity index (χ3n) is 0.756. The van der Waals surface area contributed by atoms with Gasteiger partial charge in [0.25, 0.3) is 0 Å². The van der Waals surface area contributed by atoms with Gasteiger partial charge < -0.3 is 5.73 Å². The molecule has 1 aromatic rings. The number of hydrogen-bond acceptors (Lipinski definition) is 1. The van der Waals surface area contributed by atoms with Crippen LogP contribution in [0.4, 0.5) is 0 Å². The molecule has 0 saturated carbocycles. The van der Waals surface area contributed by atoms with Crippen LogP contribution < -0.4 is 5.73 Å². The van der Waals surface area contributed by atoms with Crippen molar-refractivity contribution >= 4 is 12.4 Å². The highest BCUT2D eigenvalue weighted by Gasteiger charge is 1.80. The summed E-state index contributed by atoms with van der Waals surface area (Å²) in [6.07, 6.45) is 0. The molecule has 0 aromatic heterocycles. The van der Waals surface area contributed by atoms with Gasteiger partial charge in [0, 0.05) is 6.54 Å². The number of hydrogen-bond donors (Lipinski definition) is 1. The highest BCUT2D eigenvalue weighted by Crippen LogP contribution is 1.94. The SMILES string of the molecule is Cl.[2H]c1c([2H])c([2H])c(CN)c([2H])c1[2H]. The molecule has 0 spiro atoms. The summed E-state index contributed by atoms with van der Waals surface area (Å²) in [7, 11) is 0. The maximum atomic E-state index is 7.38. The highest BCUT2D eigenvalue weighted by atomic mass is 35.5. The van der Waals surface area contributed by atoms with E-state index < -0.39 is 0 Å². The van der Waals surface area contributed by atoms with Gasteiger partial charge in [-0.3, -0.25) is 0 Å². The third kappa shape index (κ3) is 2.49. The largest absolute Gasteiger partial charge is 0.326 e. The standard InChI is InChI=1S/C7H9N.ClH/c8-6-7-4-2-1-3-5-7;/h1-5H,6,8H2;1H/i1D,2D,3D,4D,5D;. The lowest BCUT2D eigenvalue weighted by molar-refractivity contribution is 1.07. The van der Waals surface area contributed by atoms with Crippen molar-refractivity contribution in [3.05, 3.63) is 35.8 Å². The third-order valence-corrected chi connectivity index (χ3v) is 0.756. The lowest BCUT2D eigenvalue weighted by Gasteiger charge is -1.90. The Bertz CT molecular complexity index is 325. The Morgan fingerprint density at radius 2 is 1.89 bits per heavy atom. The van der Waals surface area contributed by atoms with E-state index in [0.29, 0.717) is 0 Å². The highest BCUT2D eigenvalue weighted by molar-refractivity contribution is 5.85. The number of rotatable bonds is 1. The fourth-order valence-electron chi connectivity index (χ4n) is 0.378. The lowest BCUT2D eigenvalue weighted by Crippen LogP contribution is -1.94. The number of nitrogens with two attached hydrogens (primary N) is 1. The molecule has 2 N–H and O–H groups in total. The van der Waals surface area contributed by atoms with Crippen LogP contribution >= 0.6 is 12.4 Å². The molecule has 0 unspecified atom stereocenters. The fourth-order valence-corrected chi connectivity index (χ4v) is 0.378. The molecule has 1 rings (SSSR count). The summed E-state index contributed by atoms with van der Waals surface area (Å²) in [6, 6.07) is -1.47. The Hall–Kier alpha value is -0.530. The van der Waals surface area contributed by atoms with Crippen molar-refractivity contribution in [1.29, 1.82) is 0 Å². The average molecular weight is 149 g/mol. The van der Waals surface area contributed by atoms with Gasteiger partial charge in [0.15, 0.2) is 0 Å². The predicted octanol–water partition coefficient (Wildman–Crippen LogP) is 1.57. The Morgan fingerprint density at radius 1 is 1.33 bits per heavy atom. The summed E-state index contributed by atoms with van der Waals surface area (Å²) < 4.78 is 36.6. The predicted molar refractivity (Wildman–Crippen MR) is 41.6 cm³/mol. The van der Waals surface area contributed by atoms with E-state index >= 15 is 0 Å². The van der Waals surface area contributed by atoms with Crippen LogP contribution in [-0.4, -0.2) is 0 Å². The second kappa shape index (κ2) is 4.36. The van der Waals surface area contributed by atoms with Crippen LogP contribution in [0.3, 0.4) is 0 Å². The van der Waals surface area contributed by atoms with E-state index in [1.165, 1.54) is 0 Å². The van der Waals surface area contributed by atoms with Gasteiger partial charge in [-0.05, 0) is 5.56 Å². The maximum Gasteiger partial charge on any atom is 0.0626 e. The topological polar surface area (TPSA) is 26.0 Å².